The van der Waals surface area contributed by atoms with Crippen molar-refractivity contribution in [2.24, 2.45) is 0 Å². The summed E-state index contributed by atoms with van der Waals surface area (Å²) < 4.78 is 11.1. The Morgan fingerprint density at radius 3 is 2.65 bits per heavy atom. The number of hydrogen-bond donors (Lipinski definition) is 0. The van der Waals surface area contributed by atoms with E-state index in [0.717, 1.165) is 5.56 Å². The highest BCUT2D eigenvalue weighted by atomic mass is 35.5. The van der Waals surface area contributed by atoms with Crippen LogP contribution in [0.5, 0.6) is 5.75 Å². The number of rotatable bonds is 4. The number of morpholine rings is 1. The number of carbonyl (C=O) groups excluding carboxylic acids is 1. The van der Waals surface area contributed by atoms with Crippen molar-refractivity contribution in [2.75, 3.05) is 26.4 Å². The Bertz CT molecular complexity index is 645. The lowest BCUT2D eigenvalue weighted by molar-refractivity contribution is -0.142. The molecule has 4 nitrogen and oxygen atoms in total. The van der Waals surface area contributed by atoms with Gasteiger partial charge in [0.15, 0.2) is 6.61 Å². The first kappa shape index (κ1) is 15.8. The molecule has 120 valence electrons. The first-order valence-corrected chi connectivity index (χ1v) is 7.92. The second kappa shape index (κ2) is 7.49. The first-order chi connectivity index (χ1) is 11.2. The fraction of sp³-hybridized carbons (Fsp3) is 0.278. The predicted octanol–water partition coefficient (Wildman–Crippen LogP) is 3.32. The second-order valence-corrected chi connectivity index (χ2v) is 5.77. The normalized spacial score (nSPS) is 17.8. The Hall–Kier alpha value is -2.04. The number of amides is 1. The van der Waals surface area contributed by atoms with E-state index in [-0.39, 0.29) is 18.6 Å². The SMILES string of the molecule is O=C(COc1ccc(Cl)cc1)N1CCOCC1c1ccccc1. The lowest BCUT2D eigenvalue weighted by Crippen LogP contribution is -2.45. The maximum Gasteiger partial charge on any atom is 0.261 e. The van der Waals surface area contributed by atoms with Crippen LogP contribution < -0.4 is 4.74 Å². The van der Waals surface area contributed by atoms with E-state index >= 15 is 0 Å². The summed E-state index contributed by atoms with van der Waals surface area (Å²) >= 11 is 5.84. The maximum absolute atomic E-state index is 12.5. The summed E-state index contributed by atoms with van der Waals surface area (Å²) in [5.41, 5.74) is 1.08. The van der Waals surface area contributed by atoms with Crippen LogP contribution in [0, 0.1) is 0 Å². The molecule has 0 aromatic heterocycles. The molecule has 0 spiro atoms. The van der Waals surface area contributed by atoms with E-state index in [1.807, 2.05) is 35.2 Å². The summed E-state index contributed by atoms with van der Waals surface area (Å²) in [4.78, 5) is 14.4. The van der Waals surface area contributed by atoms with Crippen molar-refractivity contribution in [2.45, 2.75) is 6.04 Å². The third-order valence-electron chi connectivity index (χ3n) is 3.81. The second-order valence-electron chi connectivity index (χ2n) is 5.33. The highest BCUT2D eigenvalue weighted by Gasteiger charge is 2.28. The van der Waals surface area contributed by atoms with Gasteiger partial charge in [-0.2, -0.15) is 0 Å². The molecule has 1 heterocycles. The Kier molecular flexibility index (Phi) is 5.16. The van der Waals surface area contributed by atoms with Crippen LogP contribution in [0.15, 0.2) is 54.6 Å². The van der Waals surface area contributed by atoms with Crippen molar-refractivity contribution in [3.05, 3.63) is 65.2 Å². The molecule has 1 fully saturated rings. The molecular formula is C18H18ClNO3. The predicted molar refractivity (Wildman–Crippen MR) is 88.7 cm³/mol. The van der Waals surface area contributed by atoms with Crippen molar-refractivity contribution in [1.29, 1.82) is 0 Å². The average Bonchev–Trinajstić information content (AvgIpc) is 2.62. The van der Waals surface area contributed by atoms with Crippen LogP contribution in [-0.2, 0) is 9.53 Å². The Balaban J connectivity index is 1.65. The van der Waals surface area contributed by atoms with E-state index in [4.69, 9.17) is 21.1 Å². The Morgan fingerprint density at radius 2 is 1.91 bits per heavy atom. The van der Waals surface area contributed by atoms with E-state index < -0.39 is 0 Å². The standard InChI is InChI=1S/C18H18ClNO3/c19-15-6-8-16(9-7-15)23-13-18(21)20-10-11-22-12-17(20)14-4-2-1-3-5-14/h1-9,17H,10-13H2. The molecule has 1 amide bonds. The van der Waals surface area contributed by atoms with Crippen molar-refractivity contribution in [3.8, 4) is 5.75 Å². The van der Waals surface area contributed by atoms with Crippen LogP contribution in [0.25, 0.3) is 0 Å². The lowest BCUT2D eigenvalue weighted by Gasteiger charge is -2.35. The molecule has 2 aromatic carbocycles. The van der Waals surface area contributed by atoms with Gasteiger partial charge < -0.3 is 14.4 Å². The topological polar surface area (TPSA) is 38.8 Å². The number of benzene rings is 2. The van der Waals surface area contributed by atoms with Crippen LogP contribution in [0.1, 0.15) is 11.6 Å². The van der Waals surface area contributed by atoms with E-state index in [9.17, 15) is 4.79 Å². The minimum absolute atomic E-state index is 0.00493. The van der Waals surface area contributed by atoms with Crippen LogP contribution in [0.2, 0.25) is 5.02 Å². The molecule has 3 rings (SSSR count). The van der Waals surface area contributed by atoms with Gasteiger partial charge in [-0.1, -0.05) is 41.9 Å². The summed E-state index contributed by atoms with van der Waals surface area (Å²) in [5, 5.41) is 0.640. The Morgan fingerprint density at radius 1 is 1.17 bits per heavy atom. The number of nitrogens with zero attached hydrogens (tertiary/aromatic N) is 1. The van der Waals surface area contributed by atoms with Gasteiger partial charge in [0, 0.05) is 11.6 Å². The highest BCUT2D eigenvalue weighted by molar-refractivity contribution is 6.30. The van der Waals surface area contributed by atoms with Gasteiger partial charge in [-0.05, 0) is 29.8 Å². The summed E-state index contributed by atoms with van der Waals surface area (Å²) in [7, 11) is 0. The molecule has 0 aliphatic carbocycles. The van der Waals surface area contributed by atoms with E-state index in [2.05, 4.69) is 0 Å². The van der Waals surface area contributed by atoms with Gasteiger partial charge in [-0.15, -0.1) is 0 Å². The van der Waals surface area contributed by atoms with E-state index in [1.54, 1.807) is 24.3 Å². The number of ether oxygens (including phenoxy) is 2. The fourth-order valence-electron chi connectivity index (χ4n) is 2.61. The van der Waals surface area contributed by atoms with Crippen molar-refractivity contribution in [3.63, 3.8) is 0 Å². The van der Waals surface area contributed by atoms with Crippen molar-refractivity contribution >= 4 is 17.5 Å². The summed E-state index contributed by atoms with van der Waals surface area (Å²) in [6, 6.07) is 16.8. The molecule has 1 atom stereocenters. The van der Waals surface area contributed by atoms with Crippen LogP contribution in [0.4, 0.5) is 0 Å². The largest absolute Gasteiger partial charge is 0.484 e. The van der Waals surface area contributed by atoms with Gasteiger partial charge in [0.05, 0.1) is 19.3 Å². The van der Waals surface area contributed by atoms with Gasteiger partial charge in [-0.3, -0.25) is 4.79 Å². The Labute approximate surface area is 140 Å². The fourth-order valence-corrected chi connectivity index (χ4v) is 2.74. The number of carbonyl (C=O) groups is 1. The summed E-state index contributed by atoms with van der Waals surface area (Å²) in [6.45, 7) is 1.64. The molecule has 0 N–H and O–H groups in total. The average molecular weight is 332 g/mol. The molecule has 0 saturated carbocycles. The van der Waals surface area contributed by atoms with Crippen LogP contribution in [-0.4, -0.2) is 37.2 Å². The molecule has 1 aliphatic heterocycles. The highest BCUT2D eigenvalue weighted by Crippen LogP contribution is 2.24. The smallest absolute Gasteiger partial charge is 0.261 e. The molecule has 2 aromatic rings. The zero-order valence-electron chi connectivity index (χ0n) is 12.7. The van der Waals surface area contributed by atoms with Crippen molar-refractivity contribution < 1.29 is 14.3 Å². The number of halogens is 1. The zero-order chi connectivity index (χ0) is 16.1. The molecule has 1 aliphatic rings. The third-order valence-corrected chi connectivity index (χ3v) is 4.06. The minimum atomic E-state index is -0.0636. The molecule has 23 heavy (non-hydrogen) atoms. The van der Waals surface area contributed by atoms with Gasteiger partial charge >= 0.3 is 0 Å². The van der Waals surface area contributed by atoms with Gasteiger partial charge in [0.1, 0.15) is 5.75 Å². The van der Waals surface area contributed by atoms with Crippen molar-refractivity contribution in [1.82, 2.24) is 4.90 Å². The molecule has 0 bridgehead atoms. The summed E-state index contributed by atoms with van der Waals surface area (Å²) in [5.74, 6) is 0.587. The molecular weight excluding hydrogens is 314 g/mol. The zero-order valence-corrected chi connectivity index (χ0v) is 13.4. The molecule has 0 radical (unpaired) electrons. The molecule has 1 unspecified atom stereocenters. The first-order valence-electron chi connectivity index (χ1n) is 7.54. The van der Waals surface area contributed by atoms with Gasteiger partial charge in [0.2, 0.25) is 0 Å². The summed E-state index contributed by atoms with van der Waals surface area (Å²) in [6.07, 6.45) is 0. The van der Waals surface area contributed by atoms with Crippen LogP contribution in [0.3, 0.4) is 0 Å². The van der Waals surface area contributed by atoms with Gasteiger partial charge in [0.25, 0.3) is 5.91 Å². The van der Waals surface area contributed by atoms with E-state index in [0.29, 0.717) is 30.5 Å². The van der Waals surface area contributed by atoms with E-state index in [1.165, 1.54) is 0 Å². The maximum atomic E-state index is 12.5. The quantitative estimate of drug-likeness (QED) is 0.862. The monoisotopic (exact) mass is 331 g/mol. The number of hydrogen-bond acceptors (Lipinski definition) is 3. The van der Waals surface area contributed by atoms with Crippen LogP contribution >= 0.6 is 11.6 Å². The molecule has 5 heteroatoms. The lowest BCUT2D eigenvalue weighted by atomic mass is 10.1. The molecule has 1 saturated heterocycles. The van der Waals surface area contributed by atoms with Gasteiger partial charge in [-0.25, -0.2) is 0 Å². The minimum Gasteiger partial charge on any atom is -0.484 e. The third kappa shape index (κ3) is 4.03.